The minimum atomic E-state index is -3.52. The van der Waals surface area contributed by atoms with Gasteiger partial charge < -0.3 is 7.16 Å². The van der Waals surface area contributed by atoms with Gasteiger partial charge in [-0.15, -0.1) is 0 Å². The van der Waals surface area contributed by atoms with Gasteiger partial charge in [-0.3, -0.25) is 0 Å². The van der Waals surface area contributed by atoms with Gasteiger partial charge in [0.05, 0.1) is 5.75 Å². The second kappa shape index (κ2) is 5.60. The van der Waals surface area contributed by atoms with Crippen LogP contribution in [0.25, 0.3) is 0 Å². The fourth-order valence-corrected chi connectivity index (χ4v) is 0.577. The van der Waals surface area contributed by atoms with Crippen LogP contribution in [-0.2, 0) is 14.4 Å². The molecule has 0 radical (unpaired) electrons. The summed E-state index contributed by atoms with van der Waals surface area (Å²) in [5, 5.41) is 0. The quantitative estimate of drug-likeness (QED) is 0.323. The average Bonchev–Trinajstić information content (AvgIpc) is 1.67. The molecule has 0 atom stereocenters. The predicted molar refractivity (Wildman–Crippen MR) is 29.2 cm³/mol. The fourth-order valence-electron chi connectivity index (χ4n) is 0.192. The maximum absolute atomic E-state index is 10.2. The van der Waals surface area contributed by atoms with E-state index in [2.05, 4.69) is 10.2 Å². The van der Waals surface area contributed by atoms with E-state index in [1.807, 2.05) is 0 Å². The van der Waals surface area contributed by atoms with Crippen molar-refractivity contribution in [3.63, 3.8) is 0 Å². The molecule has 0 aliphatic rings. The summed E-state index contributed by atoms with van der Waals surface area (Å²) in [6.45, 7) is 0.0273. The summed E-state index contributed by atoms with van der Waals surface area (Å²) >= 11 is 0. The predicted octanol–water partition coefficient (Wildman–Crippen LogP) is -4.72. The minimum Gasteiger partial charge on any atom is -1.00 e. The van der Waals surface area contributed by atoms with E-state index < -0.39 is 10.1 Å². The summed E-state index contributed by atoms with van der Waals surface area (Å²) in [7, 11) is -3.52. The first-order valence-corrected chi connectivity index (χ1v) is 3.51. The van der Waals surface area contributed by atoms with Crippen LogP contribution in [0.15, 0.2) is 0 Å². The second-order valence-electron chi connectivity index (χ2n) is 1.15. The summed E-state index contributed by atoms with van der Waals surface area (Å²) in [4.78, 5) is 0. The van der Waals surface area contributed by atoms with Crippen LogP contribution in [0.4, 0.5) is 0 Å². The zero-order chi connectivity index (χ0) is 6.62. The third kappa shape index (κ3) is 6.72. The first-order chi connectivity index (χ1) is 3.62. The molecule has 9 heavy (non-hydrogen) atoms. The number of hydrogen-bond acceptors (Lipinski definition) is 5. The molecule has 0 saturated heterocycles. The van der Waals surface area contributed by atoms with Gasteiger partial charge in [0.2, 0.25) is 0 Å². The van der Waals surface area contributed by atoms with Gasteiger partial charge in [-0.05, 0) is 0 Å². The number of hydrogen-bond donors (Lipinski definition) is 2. The molecular weight excluding hydrogens is 155 g/mol. The average molecular weight is 164 g/mol. The molecular formula is C2H9N2NaO3S. The van der Waals surface area contributed by atoms with Crippen molar-refractivity contribution in [1.82, 2.24) is 0 Å². The molecule has 0 aromatic rings. The van der Waals surface area contributed by atoms with Crippen LogP contribution >= 0.6 is 0 Å². The summed E-state index contributed by atoms with van der Waals surface area (Å²) in [6.07, 6.45) is 0. The Morgan fingerprint density at radius 2 is 2.00 bits per heavy atom. The summed E-state index contributed by atoms with van der Waals surface area (Å²) in [5.41, 5.74) is 4.88. The van der Waals surface area contributed by atoms with E-state index in [1.54, 1.807) is 0 Å². The van der Waals surface area contributed by atoms with Gasteiger partial charge >= 0.3 is 29.6 Å². The van der Waals surface area contributed by atoms with Gasteiger partial charge in [0.15, 0.2) is 0 Å². The SMILES string of the molecule is NCCS(=O)(=O)ON.[H-].[Na+]. The molecule has 0 bridgehead atoms. The van der Waals surface area contributed by atoms with Crippen molar-refractivity contribution in [3.05, 3.63) is 0 Å². The topological polar surface area (TPSA) is 95.4 Å². The van der Waals surface area contributed by atoms with Crippen LogP contribution in [-0.4, -0.2) is 20.7 Å². The van der Waals surface area contributed by atoms with Crippen molar-refractivity contribution < 1.29 is 43.7 Å². The maximum atomic E-state index is 10.2. The molecule has 0 fully saturated rings. The number of nitrogens with two attached hydrogens (primary N) is 2. The second-order valence-corrected chi connectivity index (χ2v) is 2.86. The molecule has 4 N–H and O–H groups in total. The molecule has 7 heteroatoms. The van der Waals surface area contributed by atoms with Crippen LogP contribution in [0.2, 0.25) is 0 Å². The van der Waals surface area contributed by atoms with E-state index in [-0.39, 0.29) is 43.3 Å². The van der Waals surface area contributed by atoms with E-state index in [0.29, 0.717) is 0 Å². The Morgan fingerprint density at radius 3 is 2.11 bits per heavy atom. The molecule has 0 aliphatic carbocycles. The van der Waals surface area contributed by atoms with E-state index in [1.165, 1.54) is 0 Å². The van der Waals surface area contributed by atoms with Crippen molar-refractivity contribution in [2.45, 2.75) is 0 Å². The van der Waals surface area contributed by atoms with Gasteiger partial charge in [0.1, 0.15) is 0 Å². The zero-order valence-electron chi connectivity index (χ0n) is 6.20. The van der Waals surface area contributed by atoms with Crippen LogP contribution < -0.4 is 41.2 Å². The molecule has 0 aromatic heterocycles. The number of rotatable bonds is 3. The zero-order valence-corrected chi connectivity index (χ0v) is 8.02. The normalized spacial score (nSPS) is 10.4. The van der Waals surface area contributed by atoms with Crippen LogP contribution in [0.1, 0.15) is 1.43 Å². The molecule has 5 nitrogen and oxygen atoms in total. The monoisotopic (exact) mass is 164 g/mol. The van der Waals surface area contributed by atoms with Crippen LogP contribution in [0.3, 0.4) is 0 Å². The van der Waals surface area contributed by atoms with Gasteiger partial charge in [0, 0.05) is 6.54 Å². The van der Waals surface area contributed by atoms with Crippen molar-refractivity contribution in [3.8, 4) is 0 Å². The molecule has 0 amide bonds. The van der Waals surface area contributed by atoms with E-state index >= 15 is 0 Å². The Bertz CT molecular complexity index is 149. The summed E-state index contributed by atoms with van der Waals surface area (Å²) < 4.78 is 23.9. The van der Waals surface area contributed by atoms with E-state index in [9.17, 15) is 8.42 Å². The van der Waals surface area contributed by atoms with Crippen molar-refractivity contribution in [2.75, 3.05) is 12.3 Å². The Kier molecular flexibility index (Phi) is 7.78. The molecule has 52 valence electrons. The third-order valence-electron chi connectivity index (χ3n) is 0.514. The van der Waals surface area contributed by atoms with Crippen molar-refractivity contribution in [2.24, 2.45) is 11.6 Å². The summed E-state index contributed by atoms with van der Waals surface area (Å²) in [5.74, 6) is 4.12. The largest absolute Gasteiger partial charge is 1.00 e. The standard InChI is InChI=1S/C2H8N2O3S.Na.H/c3-1-2-8(5,6)7-4;;/h1-4H2;;/q;+1;-1. The van der Waals surface area contributed by atoms with Crippen molar-refractivity contribution in [1.29, 1.82) is 0 Å². The van der Waals surface area contributed by atoms with Gasteiger partial charge in [-0.1, -0.05) is 0 Å². The fraction of sp³-hybridized carbons (Fsp3) is 1.00. The van der Waals surface area contributed by atoms with E-state index in [0.717, 1.165) is 0 Å². The molecule has 0 saturated carbocycles. The van der Waals surface area contributed by atoms with Gasteiger partial charge in [-0.2, -0.15) is 18.6 Å². The van der Waals surface area contributed by atoms with Crippen LogP contribution in [0, 0.1) is 0 Å². The first-order valence-electron chi connectivity index (χ1n) is 1.93. The van der Waals surface area contributed by atoms with E-state index in [4.69, 9.17) is 5.73 Å². The Morgan fingerprint density at radius 1 is 1.56 bits per heavy atom. The third-order valence-corrected chi connectivity index (χ3v) is 1.54. The smallest absolute Gasteiger partial charge is 1.00 e. The minimum absolute atomic E-state index is 0. The first kappa shape index (κ1) is 12.5. The molecule has 0 aliphatic heterocycles. The van der Waals surface area contributed by atoms with Gasteiger partial charge in [-0.25, -0.2) is 0 Å². The molecule has 0 heterocycles. The molecule has 0 aromatic carbocycles. The molecule has 0 unspecified atom stereocenters. The molecule has 0 spiro atoms. The summed E-state index contributed by atoms with van der Waals surface area (Å²) in [6, 6.07) is 0. The van der Waals surface area contributed by atoms with Gasteiger partial charge in [0.25, 0.3) is 10.1 Å². The maximum Gasteiger partial charge on any atom is 1.00 e. The Labute approximate surface area is 77.6 Å². The van der Waals surface area contributed by atoms with Crippen LogP contribution in [0.5, 0.6) is 0 Å². The molecule has 0 rings (SSSR count). The Balaban J connectivity index is -0.000000245. The Hall–Kier alpha value is 0.830. The van der Waals surface area contributed by atoms with Crippen molar-refractivity contribution >= 4 is 10.1 Å².